The summed E-state index contributed by atoms with van der Waals surface area (Å²) in [5.41, 5.74) is 0. The van der Waals surface area contributed by atoms with Crippen molar-refractivity contribution in [2.24, 2.45) is 0 Å². The number of carboxylic acid groups (broad SMARTS) is 1. The molecule has 0 saturated carbocycles. The number of carboxylic acids is 1. The molecule has 0 aromatic rings. The topological polar surface area (TPSA) is 69.6 Å². The second kappa shape index (κ2) is 5.53. The number of rotatable bonds is 5. The first-order chi connectivity index (χ1) is 5.99. The Morgan fingerprint density at radius 2 is 2.08 bits per heavy atom. The quantitative estimate of drug-likeness (QED) is 0.612. The van der Waals surface area contributed by atoms with Gasteiger partial charge in [-0.3, -0.25) is 14.9 Å². The number of aliphatic carboxylic acids is 1. The van der Waals surface area contributed by atoms with Crippen LogP contribution in [0, 0.1) is 0 Å². The highest BCUT2D eigenvalue weighted by Gasteiger charge is 2.12. The molecule has 2 N–H and O–H groups in total. The van der Waals surface area contributed by atoms with Crippen molar-refractivity contribution in [3.63, 3.8) is 0 Å². The molecule has 0 aliphatic carbocycles. The Bertz CT molecular complexity index is 194. The molecule has 1 atom stereocenters. The van der Waals surface area contributed by atoms with Crippen LogP contribution in [0.25, 0.3) is 0 Å². The lowest BCUT2D eigenvalue weighted by Crippen LogP contribution is -2.42. The molecule has 0 unspecified atom stereocenters. The van der Waals surface area contributed by atoms with Crippen molar-refractivity contribution in [1.82, 2.24) is 10.2 Å². The average Bonchev–Trinajstić information content (AvgIpc) is 2.11. The van der Waals surface area contributed by atoms with Crippen LogP contribution in [0.4, 0.5) is 0 Å². The van der Waals surface area contributed by atoms with Crippen molar-refractivity contribution in [2.75, 3.05) is 20.1 Å². The first kappa shape index (κ1) is 11.9. The van der Waals surface area contributed by atoms with Crippen molar-refractivity contribution in [3.8, 4) is 0 Å². The number of carbonyl (C=O) groups excluding carboxylic acids is 1. The van der Waals surface area contributed by atoms with E-state index in [1.165, 1.54) is 11.8 Å². The molecule has 0 bridgehead atoms. The molecule has 5 heteroatoms. The maximum absolute atomic E-state index is 11.2. The van der Waals surface area contributed by atoms with E-state index in [0.29, 0.717) is 6.54 Å². The highest BCUT2D eigenvalue weighted by atomic mass is 16.4. The van der Waals surface area contributed by atoms with Gasteiger partial charge in [-0.25, -0.2) is 0 Å². The van der Waals surface area contributed by atoms with Crippen LogP contribution in [0.1, 0.15) is 13.8 Å². The summed E-state index contributed by atoms with van der Waals surface area (Å²) < 4.78 is 0. The fraction of sp³-hybridized carbons (Fsp3) is 0.750. The number of hydrogen-bond acceptors (Lipinski definition) is 3. The lowest BCUT2D eigenvalue weighted by Gasteiger charge is -2.15. The molecule has 0 spiro atoms. The van der Waals surface area contributed by atoms with E-state index in [1.807, 2.05) is 6.92 Å². The van der Waals surface area contributed by atoms with Gasteiger partial charge in [-0.2, -0.15) is 0 Å². The minimum absolute atomic E-state index is 0.0673. The molecule has 0 aromatic carbocycles. The SMILES string of the molecule is CCN(C)C(=O)CN[C@@H](C)C(=O)O. The highest BCUT2D eigenvalue weighted by molar-refractivity contribution is 5.79. The highest BCUT2D eigenvalue weighted by Crippen LogP contribution is 1.84. The van der Waals surface area contributed by atoms with Gasteiger partial charge in [0.1, 0.15) is 6.04 Å². The van der Waals surface area contributed by atoms with E-state index in [4.69, 9.17) is 5.11 Å². The number of nitrogens with zero attached hydrogens (tertiary/aromatic N) is 1. The lowest BCUT2D eigenvalue weighted by molar-refractivity contribution is -0.139. The third kappa shape index (κ3) is 4.47. The van der Waals surface area contributed by atoms with Gasteiger partial charge in [0.25, 0.3) is 0 Å². The Balaban J connectivity index is 3.76. The third-order valence-electron chi connectivity index (χ3n) is 1.83. The van der Waals surface area contributed by atoms with Crippen LogP contribution < -0.4 is 5.32 Å². The van der Waals surface area contributed by atoms with E-state index in [-0.39, 0.29) is 12.5 Å². The van der Waals surface area contributed by atoms with Gasteiger partial charge >= 0.3 is 5.97 Å². The van der Waals surface area contributed by atoms with Crippen LogP contribution in [0.2, 0.25) is 0 Å². The fourth-order valence-electron chi connectivity index (χ4n) is 0.639. The van der Waals surface area contributed by atoms with Crippen LogP contribution in [-0.4, -0.2) is 48.1 Å². The Hall–Kier alpha value is -1.10. The number of carbonyl (C=O) groups is 2. The smallest absolute Gasteiger partial charge is 0.320 e. The molecular formula is C8H16N2O3. The Labute approximate surface area is 77.7 Å². The molecule has 0 saturated heterocycles. The molecule has 0 radical (unpaired) electrons. The maximum Gasteiger partial charge on any atom is 0.320 e. The van der Waals surface area contributed by atoms with Gasteiger partial charge in [0.2, 0.25) is 5.91 Å². The molecule has 76 valence electrons. The minimum atomic E-state index is -0.952. The Kier molecular flexibility index (Phi) is 5.06. The standard InChI is InChI=1S/C8H16N2O3/c1-4-10(3)7(11)5-9-6(2)8(12)13/h6,9H,4-5H2,1-3H3,(H,12,13)/t6-/m0/s1. The van der Waals surface area contributed by atoms with Gasteiger partial charge in [-0.15, -0.1) is 0 Å². The summed E-state index contributed by atoms with van der Waals surface area (Å²) in [4.78, 5) is 23.1. The molecule has 0 fully saturated rings. The summed E-state index contributed by atoms with van der Waals surface area (Å²) in [5, 5.41) is 11.1. The number of likely N-dealkylation sites (N-methyl/N-ethyl adjacent to an activating group) is 1. The molecule has 13 heavy (non-hydrogen) atoms. The summed E-state index contributed by atoms with van der Waals surface area (Å²) in [6.07, 6.45) is 0. The fourth-order valence-corrected chi connectivity index (χ4v) is 0.639. The van der Waals surface area contributed by atoms with Gasteiger partial charge in [0.05, 0.1) is 6.54 Å². The monoisotopic (exact) mass is 188 g/mol. The number of nitrogens with one attached hydrogen (secondary N) is 1. The zero-order valence-electron chi connectivity index (χ0n) is 8.20. The number of amides is 1. The van der Waals surface area contributed by atoms with Crippen molar-refractivity contribution in [1.29, 1.82) is 0 Å². The molecule has 0 aliphatic heterocycles. The zero-order chi connectivity index (χ0) is 10.4. The van der Waals surface area contributed by atoms with Crippen LogP contribution in [0.3, 0.4) is 0 Å². The van der Waals surface area contributed by atoms with E-state index in [2.05, 4.69) is 5.32 Å². The predicted molar refractivity (Wildman–Crippen MR) is 48.4 cm³/mol. The Morgan fingerprint density at radius 1 is 1.54 bits per heavy atom. The molecule has 1 amide bonds. The molecular weight excluding hydrogens is 172 g/mol. The second-order valence-corrected chi connectivity index (χ2v) is 2.85. The molecule has 0 aromatic heterocycles. The van der Waals surface area contributed by atoms with Gasteiger partial charge in [-0.05, 0) is 13.8 Å². The van der Waals surface area contributed by atoms with Crippen LogP contribution in [-0.2, 0) is 9.59 Å². The van der Waals surface area contributed by atoms with Gasteiger partial charge in [0, 0.05) is 13.6 Å². The van der Waals surface area contributed by atoms with E-state index in [1.54, 1.807) is 7.05 Å². The van der Waals surface area contributed by atoms with E-state index in [9.17, 15) is 9.59 Å². The largest absolute Gasteiger partial charge is 0.480 e. The lowest BCUT2D eigenvalue weighted by atomic mass is 10.3. The van der Waals surface area contributed by atoms with Crippen LogP contribution in [0.15, 0.2) is 0 Å². The van der Waals surface area contributed by atoms with E-state index >= 15 is 0 Å². The Morgan fingerprint density at radius 3 is 2.46 bits per heavy atom. The summed E-state index contributed by atoms with van der Waals surface area (Å²) in [7, 11) is 1.68. The van der Waals surface area contributed by atoms with Crippen molar-refractivity contribution < 1.29 is 14.7 Å². The van der Waals surface area contributed by atoms with Crippen molar-refractivity contribution in [2.45, 2.75) is 19.9 Å². The van der Waals surface area contributed by atoms with Crippen LogP contribution >= 0.6 is 0 Å². The molecule has 0 aliphatic rings. The first-order valence-corrected chi connectivity index (χ1v) is 4.19. The normalized spacial score (nSPS) is 12.2. The predicted octanol–water partition coefficient (Wildman–Crippen LogP) is -0.473. The van der Waals surface area contributed by atoms with Crippen molar-refractivity contribution in [3.05, 3.63) is 0 Å². The summed E-state index contributed by atoms with van der Waals surface area (Å²) in [6, 6.07) is -0.686. The third-order valence-corrected chi connectivity index (χ3v) is 1.83. The van der Waals surface area contributed by atoms with E-state index < -0.39 is 12.0 Å². The molecule has 0 rings (SSSR count). The molecule has 0 heterocycles. The summed E-state index contributed by atoms with van der Waals surface area (Å²) in [5.74, 6) is -1.05. The summed E-state index contributed by atoms with van der Waals surface area (Å²) >= 11 is 0. The van der Waals surface area contributed by atoms with Gasteiger partial charge in [-0.1, -0.05) is 0 Å². The zero-order valence-corrected chi connectivity index (χ0v) is 8.20. The van der Waals surface area contributed by atoms with Crippen molar-refractivity contribution >= 4 is 11.9 Å². The first-order valence-electron chi connectivity index (χ1n) is 4.19. The maximum atomic E-state index is 11.2. The summed E-state index contributed by atoms with van der Waals surface area (Å²) in [6.45, 7) is 4.06. The number of hydrogen-bond donors (Lipinski definition) is 2. The van der Waals surface area contributed by atoms with Crippen LogP contribution in [0.5, 0.6) is 0 Å². The second-order valence-electron chi connectivity index (χ2n) is 2.85. The molecule has 5 nitrogen and oxygen atoms in total. The van der Waals surface area contributed by atoms with E-state index in [0.717, 1.165) is 0 Å². The van der Waals surface area contributed by atoms with Gasteiger partial charge < -0.3 is 10.0 Å². The van der Waals surface area contributed by atoms with Gasteiger partial charge in [0.15, 0.2) is 0 Å². The minimum Gasteiger partial charge on any atom is -0.480 e. The average molecular weight is 188 g/mol.